The Labute approximate surface area is 98.4 Å². The summed E-state index contributed by atoms with van der Waals surface area (Å²) in [6.45, 7) is -1.49. The van der Waals surface area contributed by atoms with Crippen molar-refractivity contribution in [3.05, 3.63) is 23.0 Å². The zero-order valence-corrected chi connectivity index (χ0v) is 9.94. The Balaban J connectivity index is 3.40. The van der Waals surface area contributed by atoms with Gasteiger partial charge < -0.3 is 19.5 Å². The lowest BCUT2D eigenvalue weighted by Gasteiger charge is -2.13. The zero-order valence-electron chi connectivity index (χ0n) is 9.12. The fourth-order valence-corrected chi connectivity index (χ4v) is 1.78. The maximum absolute atomic E-state index is 11.1. The Morgan fingerprint density at radius 1 is 1.24 bits per heavy atom. The van der Waals surface area contributed by atoms with Gasteiger partial charge in [0, 0.05) is 17.3 Å². The quantitative estimate of drug-likeness (QED) is 0.577. The van der Waals surface area contributed by atoms with Crippen molar-refractivity contribution in [2.75, 3.05) is 6.26 Å². The first-order valence-electron chi connectivity index (χ1n) is 4.64. The van der Waals surface area contributed by atoms with Crippen LogP contribution in [0.1, 0.15) is 16.8 Å². The lowest BCUT2D eigenvalue weighted by Crippen LogP contribution is -2.12. The maximum Gasteiger partial charge on any atom is 0.306 e. The van der Waals surface area contributed by atoms with Gasteiger partial charge >= 0.3 is 10.1 Å². The molecule has 17 heavy (non-hydrogen) atoms. The van der Waals surface area contributed by atoms with E-state index in [9.17, 15) is 8.42 Å². The Bertz CT molecular complexity index is 498. The summed E-state index contributed by atoms with van der Waals surface area (Å²) in [6.07, 6.45) is 2.08. The van der Waals surface area contributed by atoms with E-state index in [0.717, 1.165) is 6.26 Å². The number of pyridine rings is 1. The highest BCUT2D eigenvalue weighted by Gasteiger charge is 2.18. The molecule has 3 N–H and O–H groups in total. The second kappa shape index (κ2) is 5.41. The minimum atomic E-state index is -3.81. The molecule has 0 atom stereocenters. The molecule has 0 bridgehead atoms. The number of hydrogen-bond donors (Lipinski definition) is 3. The Hall–Kier alpha value is -1.22. The van der Waals surface area contributed by atoms with E-state index in [0.29, 0.717) is 0 Å². The van der Waals surface area contributed by atoms with Crippen LogP contribution in [0.5, 0.6) is 5.75 Å². The predicted molar refractivity (Wildman–Crippen MR) is 57.5 cm³/mol. The SMILES string of the molecule is CS(=O)(=O)Oc1c(CO)ncc(CO)c1CO. The summed E-state index contributed by atoms with van der Waals surface area (Å²) in [5.74, 6) is -0.232. The third-order valence-electron chi connectivity index (χ3n) is 2.01. The van der Waals surface area contributed by atoms with Gasteiger partial charge in [0.15, 0.2) is 5.75 Å². The molecule has 1 aromatic rings. The van der Waals surface area contributed by atoms with E-state index in [1.54, 1.807) is 0 Å². The molecule has 0 unspecified atom stereocenters. The van der Waals surface area contributed by atoms with Crippen molar-refractivity contribution in [3.8, 4) is 5.75 Å². The van der Waals surface area contributed by atoms with Crippen LogP contribution in [-0.4, -0.2) is 35.0 Å². The lowest BCUT2D eigenvalue weighted by atomic mass is 10.1. The van der Waals surface area contributed by atoms with Crippen molar-refractivity contribution in [1.29, 1.82) is 0 Å². The molecule has 8 heteroatoms. The van der Waals surface area contributed by atoms with Gasteiger partial charge in [-0.05, 0) is 0 Å². The topological polar surface area (TPSA) is 117 Å². The first kappa shape index (κ1) is 13.8. The first-order valence-corrected chi connectivity index (χ1v) is 6.46. The standard InChI is InChI=1S/C9H13NO6S/c1-17(14,15)16-9-7(4-12)6(3-11)2-10-8(9)5-13/h2,11-13H,3-5H2,1H3. The molecular weight excluding hydrogens is 250 g/mol. The third kappa shape index (κ3) is 3.37. The van der Waals surface area contributed by atoms with Gasteiger partial charge in [-0.3, -0.25) is 4.98 Å². The molecule has 0 aromatic carbocycles. The summed E-state index contributed by atoms with van der Waals surface area (Å²) in [5.41, 5.74) is 0.317. The van der Waals surface area contributed by atoms with Gasteiger partial charge in [0.2, 0.25) is 0 Å². The summed E-state index contributed by atoms with van der Waals surface area (Å²) in [7, 11) is -3.81. The number of aliphatic hydroxyl groups is 3. The van der Waals surface area contributed by atoms with Crippen molar-refractivity contribution in [2.24, 2.45) is 0 Å². The third-order valence-corrected chi connectivity index (χ3v) is 2.48. The van der Waals surface area contributed by atoms with Gasteiger partial charge in [-0.1, -0.05) is 0 Å². The number of aliphatic hydroxyl groups excluding tert-OH is 3. The first-order chi connectivity index (χ1) is 7.92. The van der Waals surface area contributed by atoms with E-state index >= 15 is 0 Å². The minimum absolute atomic E-state index is 0.0170. The highest BCUT2D eigenvalue weighted by molar-refractivity contribution is 7.86. The smallest absolute Gasteiger partial charge is 0.306 e. The molecule has 96 valence electrons. The Morgan fingerprint density at radius 3 is 2.29 bits per heavy atom. The van der Waals surface area contributed by atoms with Crippen LogP contribution in [0, 0.1) is 0 Å². The monoisotopic (exact) mass is 263 g/mol. The van der Waals surface area contributed by atoms with Gasteiger partial charge in [0.05, 0.1) is 26.1 Å². The van der Waals surface area contributed by atoms with Gasteiger partial charge in [-0.2, -0.15) is 8.42 Å². The van der Waals surface area contributed by atoms with Crippen LogP contribution in [0.4, 0.5) is 0 Å². The van der Waals surface area contributed by atoms with Gasteiger partial charge in [0.25, 0.3) is 0 Å². The molecule has 1 aromatic heterocycles. The molecule has 0 amide bonds. The predicted octanol–water partition coefficient (Wildman–Crippen LogP) is -1.10. The van der Waals surface area contributed by atoms with Crippen LogP contribution >= 0.6 is 0 Å². The molecule has 0 aliphatic rings. The molecule has 0 aliphatic heterocycles. The molecule has 0 radical (unpaired) electrons. The number of aromatic nitrogens is 1. The van der Waals surface area contributed by atoms with E-state index in [-0.39, 0.29) is 22.6 Å². The molecule has 0 fully saturated rings. The van der Waals surface area contributed by atoms with E-state index < -0.39 is 29.9 Å². The molecule has 1 rings (SSSR count). The highest BCUT2D eigenvalue weighted by atomic mass is 32.2. The van der Waals surface area contributed by atoms with Crippen molar-refractivity contribution < 1.29 is 27.9 Å². The minimum Gasteiger partial charge on any atom is -0.392 e. The van der Waals surface area contributed by atoms with Gasteiger partial charge in [-0.15, -0.1) is 0 Å². The number of hydrogen-bond acceptors (Lipinski definition) is 7. The number of nitrogens with zero attached hydrogens (tertiary/aromatic N) is 1. The zero-order chi connectivity index (χ0) is 13.1. The molecule has 0 aliphatic carbocycles. The summed E-state index contributed by atoms with van der Waals surface area (Å²) >= 11 is 0. The fourth-order valence-electron chi connectivity index (χ4n) is 1.28. The van der Waals surface area contributed by atoms with Crippen molar-refractivity contribution in [1.82, 2.24) is 4.98 Å². The van der Waals surface area contributed by atoms with Crippen molar-refractivity contribution >= 4 is 10.1 Å². The van der Waals surface area contributed by atoms with Crippen LogP contribution in [-0.2, 0) is 29.9 Å². The van der Waals surface area contributed by atoms with E-state index in [2.05, 4.69) is 9.17 Å². The van der Waals surface area contributed by atoms with E-state index in [4.69, 9.17) is 15.3 Å². The second-order valence-electron chi connectivity index (χ2n) is 3.30. The summed E-state index contributed by atoms with van der Waals surface area (Å²) in [6, 6.07) is 0. The molecule has 0 saturated carbocycles. The highest BCUT2D eigenvalue weighted by Crippen LogP contribution is 2.27. The Morgan fingerprint density at radius 2 is 1.88 bits per heavy atom. The van der Waals surface area contributed by atoms with Crippen LogP contribution < -0.4 is 4.18 Å². The van der Waals surface area contributed by atoms with E-state index in [1.165, 1.54) is 6.20 Å². The van der Waals surface area contributed by atoms with Crippen LogP contribution in [0.25, 0.3) is 0 Å². The maximum atomic E-state index is 11.1. The normalized spacial score (nSPS) is 11.5. The molecule has 0 spiro atoms. The summed E-state index contributed by atoms with van der Waals surface area (Å²) in [5, 5.41) is 27.2. The van der Waals surface area contributed by atoms with Crippen LogP contribution in [0.2, 0.25) is 0 Å². The molecule has 7 nitrogen and oxygen atoms in total. The Kier molecular flexibility index (Phi) is 4.40. The molecular formula is C9H13NO6S. The fraction of sp³-hybridized carbons (Fsp3) is 0.444. The average Bonchev–Trinajstić information content (AvgIpc) is 2.26. The van der Waals surface area contributed by atoms with Crippen LogP contribution in [0.15, 0.2) is 6.20 Å². The molecule has 1 heterocycles. The lowest BCUT2D eigenvalue weighted by molar-refractivity contribution is 0.250. The summed E-state index contributed by atoms with van der Waals surface area (Å²) < 4.78 is 26.8. The average molecular weight is 263 g/mol. The van der Waals surface area contributed by atoms with Crippen molar-refractivity contribution in [2.45, 2.75) is 19.8 Å². The molecule has 0 saturated heterocycles. The largest absolute Gasteiger partial charge is 0.392 e. The second-order valence-corrected chi connectivity index (χ2v) is 4.87. The van der Waals surface area contributed by atoms with Crippen molar-refractivity contribution in [3.63, 3.8) is 0 Å². The number of rotatable bonds is 5. The van der Waals surface area contributed by atoms with Gasteiger partial charge in [0.1, 0.15) is 5.69 Å². The van der Waals surface area contributed by atoms with E-state index in [1.807, 2.05) is 0 Å². The summed E-state index contributed by atoms with van der Waals surface area (Å²) in [4.78, 5) is 3.75. The van der Waals surface area contributed by atoms with Crippen LogP contribution in [0.3, 0.4) is 0 Å². The van der Waals surface area contributed by atoms with Gasteiger partial charge in [-0.25, -0.2) is 0 Å².